The first kappa shape index (κ1) is 8.76. The van der Waals surface area contributed by atoms with E-state index in [1.165, 1.54) is 7.11 Å². The Labute approximate surface area is 60.1 Å². The molecule has 0 heterocycles. The van der Waals surface area contributed by atoms with Crippen LogP contribution in [-0.2, 0) is 9.53 Å². The number of carbonyl (C=O) groups excluding carboxylic acids is 1. The van der Waals surface area contributed by atoms with Crippen molar-refractivity contribution in [3.63, 3.8) is 0 Å². The lowest BCUT2D eigenvalue weighted by atomic mass is 10.2. The molecular weight excluding hydrogens is 140 g/mol. The van der Waals surface area contributed by atoms with E-state index in [-0.39, 0.29) is 5.97 Å². The van der Waals surface area contributed by atoms with Gasteiger partial charge in [0.2, 0.25) is 0 Å². The van der Waals surface area contributed by atoms with Crippen molar-refractivity contribution >= 4 is 17.6 Å². The molecule has 0 bridgehead atoms. The predicted octanol–water partition coefficient (Wildman–Crippen LogP) is 1.57. The van der Waals surface area contributed by atoms with Crippen LogP contribution in [0.25, 0.3) is 0 Å². The predicted molar refractivity (Wildman–Crippen MR) is 36.6 cm³/mol. The van der Waals surface area contributed by atoms with Gasteiger partial charge in [-0.3, -0.25) is 4.79 Å². The zero-order chi connectivity index (χ0) is 7.28. The number of rotatable bonds is 3. The van der Waals surface area contributed by atoms with Crippen LogP contribution in [0.15, 0.2) is 0 Å². The first-order valence-corrected chi connectivity index (χ1v) is 3.38. The fourth-order valence-electron chi connectivity index (χ4n) is 0.499. The van der Waals surface area contributed by atoms with Gasteiger partial charge in [0, 0.05) is 0 Å². The van der Waals surface area contributed by atoms with Crippen molar-refractivity contribution in [3.8, 4) is 0 Å². The topological polar surface area (TPSA) is 26.3 Å². The molecule has 0 saturated heterocycles. The summed E-state index contributed by atoms with van der Waals surface area (Å²) in [7, 11) is 1.34. The summed E-state index contributed by atoms with van der Waals surface area (Å²) in [6.45, 7) is 1.97. The lowest BCUT2D eigenvalue weighted by Crippen LogP contribution is -2.15. The molecule has 0 aliphatic rings. The maximum Gasteiger partial charge on any atom is 0.323 e. The van der Waals surface area contributed by atoms with Gasteiger partial charge in [0.25, 0.3) is 0 Å². The van der Waals surface area contributed by atoms with Crippen LogP contribution in [0.4, 0.5) is 0 Å². The molecule has 2 nitrogen and oxygen atoms in total. The molecule has 0 aliphatic heterocycles. The third kappa shape index (κ3) is 3.36. The highest BCUT2D eigenvalue weighted by molar-refractivity contribution is 6.29. The summed E-state index contributed by atoms with van der Waals surface area (Å²) in [5.41, 5.74) is 0. The largest absolute Gasteiger partial charge is 0.468 e. The molecule has 9 heavy (non-hydrogen) atoms. The molecule has 0 aromatic heterocycles. The summed E-state index contributed by atoms with van der Waals surface area (Å²) in [5, 5.41) is -0.458. The molecule has 0 fully saturated rings. The Morgan fingerprint density at radius 1 is 1.78 bits per heavy atom. The van der Waals surface area contributed by atoms with Gasteiger partial charge in [-0.2, -0.15) is 0 Å². The van der Waals surface area contributed by atoms with Crippen molar-refractivity contribution in [2.75, 3.05) is 7.11 Å². The van der Waals surface area contributed by atoms with Gasteiger partial charge in [-0.15, -0.1) is 11.6 Å². The first-order valence-electron chi connectivity index (χ1n) is 2.94. The van der Waals surface area contributed by atoms with Crippen molar-refractivity contribution < 1.29 is 9.53 Å². The van der Waals surface area contributed by atoms with E-state index in [4.69, 9.17) is 11.6 Å². The molecule has 0 radical (unpaired) electrons. The molecule has 0 saturated carbocycles. The van der Waals surface area contributed by atoms with E-state index >= 15 is 0 Å². The third-order valence-corrected chi connectivity index (χ3v) is 1.40. The summed E-state index contributed by atoms with van der Waals surface area (Å²) >= 11 is 5.56. The number of carbonyl (C=O) groups is 1. The van der Waals surface area contributed by atoms with Gasteiger partial charge >= 0.3 is 5.97 Å². The van der Waals surface area contributed by atoms with Crippen LogP contribution in [0, 0.1) is 0 Å². The van der Waals surface area contributed by atoms with Crippen LogP contribution >= 0.6 is 11.6 Å². The molecule has 1 atom stereocenters. The molecule has 54 valence electrons. The van der Waals surface area contributed by atoms with E-state index in [0.717, 1.165) is 6.42 Å². The van der Waals surface area contributed by atoms with Gasteiger partial charge < -0.3 is 4.74 Å². The second-order valence-corrected chi connectivity index (χ2v) is 2.31. The van der Waals surface area contributed by atoms with Gasteiger partial charge in [-0.1, -0.05) is 13.3 Å². The Morgan fingerprint density at radius 3 is 2.67 bits per heavy atom. The van der Waals surface area contributed by atoms with Crippen LogP contribution in [-0.4, -0.2) is 18.5 Å². The van der Waals surface area contributed by atoms with Gasteiger partial charge in [0.05, 0.1) is 7.11 Å². The maximum atomic E-state index is 10.5. The highest BCUT2D eigenvalue weighted by Gasteiger charge is 2.12. The molecule has 0 amide bonds. The quantitative estimate of drug-likeness (QED) is 0.451. The smallest absolute Gasteiger partial charge is 0.323 e. The van der Waals surface area contributed by atoms with E-state index in [1.54, 1.807) is 0 Å². The maximum absolute atomic E-state index is 10.5. The van der Waals surface area contributed by atoms with E-state index in [1.807, 2.05) is 6.92 Å². The van der Waals surface area contributed by atoms with E-state index in [2.05, 4.69) is 4.74 Å². The monoisotopic (exact) mass is 150 g/mol. The number of ether oxygens (including phenoxy) is 1. The SMILES string of the molecule is CCC[C@H](Cl)C(=O)OC. The fourth-order valence-corrected chi connectivity index (χ4v) is 0.806. The molecule has 3 heteroatoms. The zero-order valence-electron chi connectivity index (χ0n) is 5.69. The van der Waals surface area contributed by atoms with Crippen LogP contribution in [0.1, 0.15) is 19.8 Å². The molecule has 0 rings (SSSR count). The molecule has 0 aliphatic carbocycles. The minimum absolute atomic E-state index is 0.335. The lowest BCUT2D eigenvalue weighted by Gasteiger charge is -2.02. The standard InChI is InChI=1S/C6H11ClO2/c1-3-4-5(7)6(8)9-2/h5H,3-4H2,1-2H3/t5-/m0/s1. The Kier molecular flexibility index (Phi) is 4.50. The van der Waals surface area contributed by atoms with Crippen LogP contribution in [0.5, 0.6) is 0 Å². The van der Waals surface area contributed by atoms with Crippen molar-refractivity contribution in [1.82, 2.24) is 0 Å². The molecule has 0 N–H and O–H groups in total. The molecule has 0 aromatic rings. The van der Waals surface area contributed by atoms with Crippen molar-refractivity contribution in [1.29, 1.82) is 0 Å². The van der Waals surface area contributed by atoms with Crippen molar-refractivity contribution in [2.45, 2.75) is 25.1 Å². The highest BCUT2D eigenvalue weighted by atomic mass is 35.5. The minimum atomic E-state index is -0.458. The van der Waals surface area contributed by atoms with Crippen LogP contribution < -0.4 is 0 Å². The average Bonchev–Trinajstić information content (AvgIpc) is 1.87. The minimum Gasteiger partial charge on any atom is -0.468 e. The Hall–Kier alpha value is -0.240. The van der Waals surface area contributed by atoms with E-state index < -0.39 is 5.38 Å². The van der Waals surface area contributed by atoms with Crippen molar-refractivity contribution in [2.24, 2.45) is 0 Å². The Morgan fingerprint density at radius 2 is 2.33 bits per heavy atom. The summed E-state index contributed by atoms with van der Waals surface area (Å²) < 4.78 is 4.39. The van der Waals surface area contributed by atoms with Gasteiger partial charge in [-0.05, 0) is 6.42 Å². The second kappa shape index (κ2) is 4.62. The second-order valence-electron chi connectivity index (χ2n) is 1.78. The number of hydrogen-bond acceptors (Lipinski definition) is 2. The first-order chi connectivity index (χ1) is 4.22. The summed E-state index contributed by atoms with van der Waals surface area (Å²) in [6.07, 6.45) is 1.59. The van der Waals surface area contributed by atoms with Gasteiger partial charge in [0.1, 0.15) is 5.38 Å². The number of halogens is 1. The van der Waals surface area contributed by atoms with E-state index in [0.29, 0.717) is 6.42 Å². The van der Waals surface area contributed by atoms with Gasteiger partial charge in [0.15, 0.2) is 0 Å². The van der Waals surface area contributed by atoms with E-state index in [9.17, 15) is 4.79 Å². The highest BCUT2D eigenvalue weighted by Crippen LogP contribution is 2.05. The summed E-state index contributed by atoms with van der Waals surface area (Å²) in [6, 6.07) is 0. The third-order valence-electron chi connectivity index (χ3n) is 0.999. The fraction of sp³-hybridized carbons (Fsp3) is 0.833. The number of esters is 1. The van der Waals surface area contributed by atoms with Crippen LogP contribution in [0.2, 0.25) is 0 Å². The number of alkyl halides is 1. The molecule has 0 unspecified atom stereocenters. The summed E-state index contributed by atoms with van der Waals surface area (Å²) in [5.74, 6) is -0.335. The summed E-state index contributed by atoms with van der Waals surface area (Å²) in [4.78, 5) is 10.5. The number of methoxy groups -OCH3 is 1. The Balaban J connectivity index is 3.45. The van der Waals surface area contributed by atoms with Gasteiger partial charge in [-0.25, -0.2) is 0 Å². The Bertz CT molecular complexity index is 93.1. The van der Waals surface area contributed by atoms with Crippen molar-refractivity contribution in [3.05, 3.63) is 0 Å². The molecule has 0 spiro atoms. The average molecular weight is 151 g/mol. The molecule has 0 aromatic carbocycles. The number of hydrogen-bond donors (Lipinski definition) is 0. The zero-order valence-corrected chi connectivity index (χ0v) is 6.44. The molecular formula is C6H11ClO2. The van der Waals surface area contributed by atoms with Crippen LogP contribution in [0.3, 0.4) is 0 Å². The lowest BCUT2D eigenvalue weighted by molar-refractivity contribution is -0.140. The normalized spacial score (nSPS) is 12.8.